The second-order valence-corrected chi connectivity index (χ2v) is 16.8. The van der Waals surface area contributed by atoms with E-state index in [9.17, 15) is 0 Å². The molecule has 0 fully saturated rings. The van der Waals surface area contributed by atoms with Gasteiger partial charge in [0.2, 0.25) is 0 Å². The highest BCUT2D eigenvalue weighted by Crippen LogP contribution is 2.51. The molecule has 0 unspecified atom stereocenters. The highest BCUT2D eigenvalue weighted by molar-refractivity contribution is 6.36. The highest BCUT2D eigenvalue weighted by atomic mass is 15.0. The Morgan fingerprint density at radius 1 is 0.389 bits per heavy atom. The summed E-state index contributed by atoms with van der Waals surface area (Å²) in [4.78, 5) is 0. The Kier molecular flexibility index (Phi) is 6.51. The lowest BCUT2D eigenvalue weighted by atomic mass is 9.63. The van der Waals surface area contributed by atoms with Gasteiger partial charge in [-0.25, -0.2) is 0 Å². The number of aromatic nitrogens is 2. The van der Waals surface area contributed by atoms with Crippen LogP contribution in [0.5, 0.6) is 0 Å². The van der Waals surface area contributed by atoms with Crippen molar-refractivity contribution in [1.82, 2.24) is 9.13 Å². The quantitative estimate of drug-likeness (QED) is 0.174. The SMILES string of the molecule is CC1(C)CCC(C)(C)c2cc3c(cc21)c1c2ccccc2c2c4ccccc4n(-c4ccccc4)c2c1n3-c1cccc(-c2ccc3ccccc3c2)c1. The van der Waals surface area contributed by atoms with E-state index in [1.807, 2.05) is 0 Å². The molecule has 0 aliphatic heterocycles. The van der Waals surface area contributed by atoms with Gasteiger partial charge in [0.05, 0.1) is 22.1 Å². The van der Waals surface area contributed by atoms with Gasteiger partial charge in [-0.2, -0.15) is 0 Å². The fourth-order valence-corrected chi connectivity index (χ4v) is 9.81. The number of fused-ring (bicyclic) bond motifs is 12. The van der Waals surface area contributed by atoms with E-state index < -0.39 is 0 Å². The Morgan fingerprint density at radius 2 is 0.944 bits per heavy atom. The van der Waals surface area contributed by atoms with Crippen LogP contribution in [0, 0.1) is 0 Å². The molecule has 0 N–H and O–H groups in total. The molecule has 1 aliphatic rings. The van der Waals surface area contributed by atoms with E-state index in [4.69, 9.17) is 0 Å². The van der Waals surface area contributed by atoms with Crippen molar-refractivity contribution in [2.45, 2.75) is 51.4 Å². The van der Waals surface area contributed by atoms with Crippen molar-refractivity contribution in [2.75, 3.05) is 0 Å². The average molecular weight is 695 g/mol. The van der Waals surface area contributed by atoms with Gasteiger partial charge in [-0.3, -0.25) is 0 Å². The minimum Gasteiger partial charge on any atom is -0.307 e. The molecule has 1 aliphatic carbocycles. The van der Waals surface area contributed by atoms with Crippen LogP contribution in [-0.2, 0) is 10.8 Å². The van der Waals surface area contributed by atoms with Crippen LogP contribution < -0.4 is 0 Å². The normalized spacial score (nSPS) is 15.2. The number of hydrogen-bond donors (Lipinski definition) is 0. The highest BCUT2D eigenvalue weighted by Gasteiger charge is 2.38. The molecule has 0 amide bonds. The molecule has 2 nitrogen and oxygen atoms in total. The van der Waals surface area contributed by atoms with Crippen molar-refractivity contribution < 1.29 is 0 Å². The molecule has 0 radical (unpaired) electrons. The van der Waals surface area contributed by atoms with Crippen LogP contribution in [0.25, 0.3) is 87.7 Å². The summed E-state index contributed by atoms with van der Waals surface area (Å²) in [5.74, 6) is 0. The third kappa shape index (κ3) is 4.40. The number of rotatable bonds is 3. The Labute approximate surface area is 315 Å². The van der Waals surface area contributed by atoms with Crippen molar-refractivity contribution in [3.63, 3.8) is 0 Å². The Morgan fingerprint density at radius 3 is 1.69 bits per heavy atom. The van der Waals surface area contributed by atoms with Gasteiger partial charge < -0.3 is 9.13 Å². The fourth-order valence-electron chi connectivity index (χ4n) is 9.81. The zero-order valence-electron chi connectivity index (χ0n) is 31.3. The van der Waals surface area contributed by atoms with Gasteiger partial charge in [0.25, 0.3) is 0 Å². The van der Waals surface area contributed by atoms with E-state index in [0.717, 1.165) is 0 Å². The zero-order chi connectivity index (χ0) is 36.3. The van der Waals surface area contributed by atoms with Crippen LogP contribution in [0.15, 0.2) is 158 Å². The van der Waals surface area contributed by atoms with Crippen molar-refractivity contribution in [1.29, 1.82) is 0 Å². The average Bonchev–Trinajstić information content (AvgIpc) is 3.73. The van der Waals surface area contributed by atoms with Crippen LogP contribution in [0.2, 0.25) is 0 Å². The van der Waals surface area contributed by atoms with Crippen LogP contribution in [0.3, 0.4) is 0 Å². The van der Waals surface area contributed by atoms with Gasteiger partial charge in [0.15, 0.2) is 0 Å². The first-order chi connectivity index (χ1) is 26.3. The lowest BCUT2D eigenvalue weighted by molar-refractivity contribution is 0.332. The smallest absolute Gasteiger partial charge is 0.0795 e. The molecule has 54 heavy (non-hydrogen) atoms. The van der Waals surface area contributed by atoms with Gasteiger partial charge in [-0.1, -0.05) is 137 Å². The molecular weight excluding hydrogens is 653 g/mol. The van der Waals surface area contributed by atoms with Crippen molar-refractivity contribution in [2.24, 2.45) is 0 Å². The largest absolute Gasteiger partial charge is 0.307 e. The number of para-hydroxylation sites is 2. The third-order valence-electron chi connectivity index (χ3n) is 12.7. The minimum absolute atomic E-state index is 0.0730. The second kappa shape index (κ2) is 11.2. The maximum atomic E-state index is 2.61. The summed E-state index contributed by atoms with van der Waals surface area (Å²) in [5.41, 5.74) is 12.9. The zero-order valence-corrected chi connectivity index (χ0v) is 31.3. The van der Waals surface area contributed by atoms with Gasteiger partial charge >= 0.3 is 0 Å². The first-order valence-corrected chi connectivity index (χ1v) is 19.4. The molecule has 8 aromatic carbocycles. The van der Waals surface area contributed by atoms with Crippen LogP contribution in [0.1, 0.15) is 51.7 Å². The maximum Gasteiger partial charge on any atom is 0.0795 e. The number of hydrogen-bond acceptors (Lipinski definition) is 0. The van der Waals surface area contributed by atoms with Crippen LogP contribution in [-0.4, -0.2) is 9.13 Å². The lowest BCUT2D eigenvalue weighted by Gasteiger charge is -2.42. The Balaban J connectivity index is 1.37. The monoisotopic (exact) mass is 694 g/mol. The van der Waals surface area contributed by atoms with Gasteiger partial charge in [-0.15, -0.1) is 0 Å². The fraction of sp³-hybridized carbons (Fsp3) is 0.154. The molecule has 0 saturated heterocycles. The molecule has 11 rings (SSSR count). The molecular formula is C52H42N2. The predicted octanol–water partition coefficient (Wildman–Crippen LogP) is 14.2. The summed E-state index contributed by atoms with van der Waals surface area (Å²) < 4.78 is 5.13. The van der Waals surface area contributed by atoms with Crippen LogP contribution >= 0.6 is 0 Å². The van der Waals surface area contributed by atoms with E-state index in [-0.39, 0.29) is 10.8 Å². The predicted molar refractivity (Wildman–Crippen MR) is 231 cm³/mol. The summed E-state index contributed by atoms with van der Waals surface area (Å²) in [6.07, 6.45) is 2.35. The molecule has 0 saturated carbocycles. The van der Waals surface area contributed by atoms with Gasteiger partial charge in [0, 0.05) is 32.9 Å². The van der Waals surface area contributed by atoms with Crippen LogP contribution in [0.4, 0.5) is 0 Å². The standard InChI is InChI=1S/C52H42N2/c1-51(2)27-28-52(3,4)44-32-46-42(31-43(44)51)48-40-22-11-10-21-39(40)47-41-23-12-13-24-45(41)53(37-18-6-5-7-19-37)49(47)50(48)54(46)38-20-14-17-35(30-38)36-26-25-33-15-8-9-16-34(33)29-36/h5-26,29-32H,27-28H2,1-4H3. The summed E-state index contributed by atoms with van der Waals surface area (Å²) in [6, 6.07) is 59.0. The summed E-state index contributed by atoms with van der Waals surface area (Å²) in [7, 11) is 0. The van der Waals surface area contributed by atoms with Gasteiger partial charge in [0.1, 0.15) is 0 Å². The molecule has 10 aromatic rings. The molecule has 0 spiro atoms. The van der Waals surface area contributed by atoms with E-state index in [0.29, 0.717) is 0 Å². The second-order valence-electron chi connectivity index (χ2n) is 16.8. The Hall–Kier alpha value is -6.12. The van der Waals surface area contributed by atoms with E-state index >= 15 is 0 Å². The minimum atomic E-state index is 0.0730. The first-order valence-electron chi connectivity index (χ1n) is 19.4. The van der Waals surface area contributed by atoms with E-state index in [2.05, 4.69) is 195 Å². The van der Waals surface area contributed by atoms with Crippen molar-refractivity contribution >= 4 is 65.2 Å². The van der Waals surface area contributed by atoms with E-state index in [1.165, 1.54) is 112 Å². The van der Waals surface area contributed by atoms with Crippen molar-refractivity contribution in [3.8, 4) is 22.5 Å². The molecule has 0 bridgehead atoms. The molecule has 260 valence electrons. The lowest BCUT2D eigenvalue weighted by Crippen LogP contribution is -2.33. The topological polar surface area (TPSA) is 9.86 Å². The number of nitrogens with zero attached hydrogens (tertiary/aromatic N) is 2. The van der Waals surface area contributed by atoms with Crippen molar-refractivity contribution in [3.05, 3.63) is 169 Å². The first kappa shape index (κ1) is 31.4. The molecule has 0 atom stereocenters. The van der Waals surface area contributed by atoms with E-state index in [1.54, 1.807) is 0 Å². The number of benzene rings is 8. The van der Waals surface area contributed by atoms with Gasteiger partial charge in [-0.05, 0) is 116 Å². The molecule has 2 heteroatoms. The maximum absolute atomic E-state index is 2.61. The molecule has 2 heterocycles. The Bertz CT molecular complexity index is 3150. The molecule has 2 aromatic heterocycles. The third-order valence-corrected chi connectivity index (χ3v) is 12.7. The summed E-state index contributed by atoms with van der Waals surface area (Å²) in [5, 5.41) is 10.4. The summed E-state index contributed by atoms with van der Waals surface area (Å²) in [6.45, 7) is 9.79. The summed E-state index contributed by atoms with van der Waals surface area (Å²) >= 11 is 0.